The Morgan fingerprint density at radius 3 is 2.64 bits per heavy atom. The van der Waals surface area contributed by atoms with E-state index in [4.69, 9.17) is 37.1 Å². The second-order valence-corrected chi connectivity index (χ2v) is 10.9. The van der Waals surface area contributed by atoms with Crippen molar-refractivity contribution in [3.63, 3.8) is 0 Å². The molecule has 5 N–H and O–H groups in total. The Kier molecular flexibility index (Phi) is 9.90. The summed E-state index contributed by atoms with van der Waals surface area (Å²) in [5.41, 5.74) is 6.35. The van der Waals surface area contributed by atoms with Crippen molar-refractivity contribution in [1.82, 2.24) is 9.97 Å². The summed E-state index contributed by atoms with van der Waals surface area (Å²) in [5, 5.41) is 22.4. The SMILES string of the molecule is COc1ccc(CNc2nc(CCC(C)(C)C(=O)O)nc3sc4c(c23)CCCC4)cc1Cl.NCCO. The summed E-state index contributed by atoms with van der Waals surface area (Å²) in [6.45, 7) is 4.52. The summed E-state index contributed by atoms with van der Waals surface area (Å²) in [4.78, 5) is 23.6. The van der Waals surface area contributed by atoms with Crippen molar-refractivity contribution in [2.75, 3.05) is 25.6 Å². The number of aryl methyl sites for hydroxylation is 3. The standard InChI is InChI=1S/C24H28ClN3O3S.C2H7NO/c1-24(2,23(29)30)11-10-19-27-21(26-13-14-8-9-17(31-3)16(25)12-14)20-15-6-4-5-7-18(15)32-22(20)28-19;3-1-2-4/h8-9,12H,4-7,10-11,13H2,1-3H3,(H,29,30)(H,26,27,28);4H,1-3H2. The van der Waals surface area contributed by atoms with Gasteiger partial charge in [0.25, 0.3) is 0 Å². The van der Waals surface area contributed by atoms with E-state index in [9.17, 15) is 9.90 Å². The van der Waals surface area contributed by atoms with E-state index in [2.05, 4.69) is 5.32 Å². The highest BCUT2D eigenvalue weighted by atomic mass is 35.5. The van der Waals surface area contributed by atoms with Crippen molar-refractivity contribution in [3.8, 4) is 5.75 Å². The fraction of sp³-hybridized carbons (Fsp3) is 0.500. The van der Waals surface area contributed by atoms with Gasteiger partial charge in [0, 0.05) is 24.4 Å². The smallest absolute Gasteiger partial charge is 0.309 e. The van der Waals surface area contributed by atoms with Crippen LogP contribution in [0.25, 0.3) is 10.2 Å². The lowest BCUT2D eigenvalue weighted by Gasteiger charge is -2.18. The Morgan fingerprint density at radius 1 is 1.28 bits per heavy atom. The molecule has 2 heterocycles. The Bertz CT molecular complexity index is 1200. The van der Waals surface area contributed by atoms with Gasteiger partial charge in [-0.15, -0.1) is 11.3 Å². The zero-order valence-electron chi connectivity index (χ0n) is 21.1. The highest BCUT2D eigenvalue weighted by molar-refractivity contribution is 7.19. The number of carbonyl (C=O) groups is 1. The molecule has 0 amide bonds. The number of aliphatic carboxylic acids is 1. The van der Waals surface area contributed by atoms with Gasteiger partial charge >= 0.3 is 5.97 Å². The maximum absolute atomic E-state index is 11.5. The Balaban J connectivity index is 0.000000840. The van der Waals surface area contributed by atoms with Gasteiger partial charge in [0.15, 0.2) is 0 Å². The van der Waals surface area contributed by atoms with E-state index in [0.717, 1.165) is 34.4 Å². The van der Waals surface area contributed by atoms with Crippen molar-refractivity contribution in [2.24, 2.45) is 11.1 Å². The van der Waals surface area contributed by atoms with Crippen LogP contribution < -0.4 is 15.8 Å². The van der Waals surface area contributed by atoms with Crippen LogP contribution in [-0.4, -0.2) is 46.4 Å². The second kappa shape index (κ2) is 12.7. The molecule has 1 aromatic carbocycles. The number of aliphatic hydroxyl groups excluding tert-OH is 1. The lowest BCUT2D eigenvalue weighted by Crippen LogP contribution is -2.24. The number of carboxylic acids is 1. The van der Waals surface area contributed by atoms with Crippen molar-refractivity contribution >= 4 is 44.9 Å². The van der Waals surface area contributed by atoms with Crippen LogP contribution in [0.3, 0.4) is 0 Å². The molecule has 36 heavy (non-hydrogen) atoms. The molecule has 2 aromatic heterocycles. The second-order valence-electron chi connectivity index (χ2n) is 9.40. The number of nitrogens with one attached hydrogen (secondary N) is 1. The van der Waals surface area contributed by atoms with Crippen LogP contribution in [0.15, 0.2) is 18.2 Å². The number of anilines is 1. The summed E-state index contributed by atoms with van der Waals surface area (Å²) in [5.74, 6) is 1.35. The van der Waals surface area contributed by atoms with Crippen LogP contribution in [0.1, 0.15) is 54.9 Å². The minimum atomic E-state index is -0.819. The first-order valence-corrected chi connectivity index (χ1v) is 13.3. The number of halogens is 1. The average Bonchev–Trinajstić information content (AvgIpc) is 3.25. The Labute approximate surface area is 220 Å². The van der Waals surface area contributed by atoms with E-state index < -0.39 is 11.4 Å². The number of thiophene rings is 1. The molecule has 8 nitrogen and oxygen atoms in total. The number of nitrogens with two attached hydrogens (primary N) is 1. The molecule has 10 heteroatoms. The zero-order valence-corrected chi connectivity index (χ0v) is 22.6. The monoisotopic (exact) mass is 534 g/mol. The number of rotatable bonds is 9. The minimum Gasteiger partial charge on any atom is -0.495 e. The van der Waals surface area contributed by atoms with Crippen LogP contribution in [0.4, 0.5) is 5.82 Å². The lowest BCUT2D eigenvalue weighted by molar-refractivity contribution is -0.147. The summed E-state index contributed by atoms with van der Waals surface area (Å²) in [7, 11) is 1.60. The highest BCUT2D eigenvalue weighted by Gasteiger charge is 2.28. The maximum Gasteiger partial charge on any atom is 0.309 e. The number of carboxylic acid groups (broad SMARTS) is 1. The largest absolute Gasteiger partial charge is 0.495 e. The van der Waals surface area contributed by atoms with E-state index in [1.165, 1.54) is 23.3 Å². The van der Waals surface area contributed by atoms with Crippen molar-refractivity contribution in [2.45, 2.75) is 58.9 Å². The van der Waals surface area contributed by atoms with E-state index in [1.54, 1.807) is 32.3 Å². The van der Waals surface area contributed by atoms with Gasteiger partial charge in [-0.3, -0.25) is 4.79 Å². The molecule has 196 valence electrons. The predicted molar refractivity (Wildman–Crippen MR) is 145 cm³/mol. The van der Waals surface area contributed by atoms with Crippen LogP contribution in [0.2, 0.25) is 5.02 Å². The van der Waals surface area contributed by atoms with E-state index in [-0.39, 0.29) is 6.61 Å². The molecular weight excluding hydrogens is 500 g/mol. The maximum atomic E-state index is 11.5. The quantitative estimate of drug-likeness (QED) is 0.307. The lowest BCUT2D eigenvalue weighted by atomic mass is 9.88. The number of ether oxygens (including phenoxy) is 1. The van der Waals surface area contributed by atoms with Crippen molar-refractivity contribution in [3.05, 3.63) is 45.1 Å². The summed E-state index contributed by atoms with van der Waals surface area (Å²) in [6, 6.07) is 5.74. The van der Waals surface area contributed by atoms with Gasteiger partial charge in [0.1, 0.15) is 22.2 Å². The van der Waals surface area contributed by atoms with Crippen LogP contribution in [-0.2, 0) is 30.6 Å². The first-order valence-electron chi connectivity index (χ1n) is 12.1. The molecule has 4 rings (SSSR count). The first-order chi connectivity index (χ1) is 17.2. The molecule has 0 saturated heterocycles. The third kappa shape index (κ3) is 6.85. The van der Waals surface area contributed by atoms with E-state index in [1.807, 2.05) is 18.2 Å². The number of nitrogens with zero attached hydrogens (tertiary/aromatic N) is 2. The number of aliphatic hydroxyl groups is 1. The molecule has 1 aliphatic carbocycles. The fourth-order valence-corrected chi connectivity index (χ4v) is 5.54. The van der Waals surface area contributed by atoms with Gasteiger partial charge in [-0.2, -0.15) is 0 Å². The zero-order chi connectivity index (χ0) is 26.3. The topological polar surface area (TPSA) is 131 Å². The summed E-state index contributed by atoms with van der Waals surface area (Å²) < 4.78 is 5.25. The van der Waals surface area contributed by atoms with Gasteiger partial charge in [-0.25, -0.2) is 9.97 Å². The van der Waals surface area contributed by atoms with E-state index in [0.29, 0.717) is 42.5 Å². The Morgan fingerprint density at radius 2 is 2.00 bits per heavy atom. The predicted octanol–water partition coefficient (Wildman–Crippen LogP) is 4.83. The third-order valence-corrected chi connectivity index (χ3v) is 7.70. The number of aromatic nitrogens is 2. The van der Waals surface area contributed by atoms with Crippen LogP contribution in [0.5, 0.6) is 5.75 Å². The normalized spacial score (nSPS) is 13.1. The van der Waals surface area contributed by atoms with Crippen LogP contribution >= 0.6 is 22.9 Å². The van der Waals surface area contributed by atoms with Gasteiger partial charge < -0.3 is 26.0 Å². The Hall–Kier alpha value is -2.46. The third-order valence-electron chi connectivity index (χ3n) is 6.22. The molecule has 0 spiro atoms. The molecule has 0 fully saturated rings. The fourth-order valence-electron chi connectivity index (χ4n) is 3.98. The highest BCUT2D eigenvalue weighted by Crippen LogP contribution is 2.39. The summed E-state index contributed by atoms with van der Waals surface area (Å²) >= 11 is 8.05. The van der Waals surface area contributed by atoms with Gasteiger partial charge in [0.2, 0.25) is 0 Å². The van der Waals surface area contributed by atoms with Crippen LogP contribution in [0, 0.1) is 5.41 Å². The molecule has 0 unspecified atom stereocenters. The van der Waals surface area contributed by atoms with Crippen molar-refractivity contribution in [1.29, 1.82) is 0 Å². The molecule has 0 atom stereocenters. The molecule has 1 aliphatic rings. The minimum absolute atomic E-state index is 0.0972. The molecule has 0 bridgehead atoms. The molecule has 3 aromatic rings. The number of methoxy groups -OCH3 is 1. The number of hydrogen-bond donors (Lipinski definition) is 4. The van der Waals surface area contributed by atoms with Crippen molar-refractivity contribution < 1.29 is 19.7 Å². The number of benzene rings is 1. The number of hydrogen-bond acceptors (Lipinski definition) is 8. The molecular formula is C26H35ClN4O4S. The average molecular weight is 535 g/mol. The van der Waals surface area contributed by atoms with Gasteiger partial charge in [-0.05, 0) is 69.2 Å². The molecule has 0 saturated carbocycles. The van der Waals surface area contributed by atoms with Gasteiger partial charge in [0.05, 0.1) is 29.5 Å². The molecule has 0 radical (unpaired) electrons. The summed E-state index contributed by atoms with van der Waals surface area (Å²) in [6.07, 6.45) is 5.52. The number of fused-ring (bicyclic) bond motifs is 3. The molecule has 0 aliphatic heterocycles. The van der Waals surface area contributed by atoms with E-state index >= 15 is 0 Å². The van der Waals surface area contributed by atoms with Gasteiger partial charge in [-0.1, -0.05) is 17.7 Å². The first kappa shape index (κ1) is 28.1.